The molecule has 7 N–H and O–H groups in total. The Kier molecular flexibility index (Phi) is 6.98. The van der Waals surface area contributed by atoms with Crippen LogP contribution in [0.3, 0.4) is 0 Å². The van der Waals surface area contributed by atoms with Crippen LogP contribution in [0.15, 0.2) is 24.3 Å². The lowest BCUT2D eigenvalue weighted by molar-refractivity contribution is -0.247. The number of aliphatic hydroxyl groups excluding tert-OH is 1. The molecule has 0 unspecified atom stereocenters. The van der Waals surface area contributed by atoms with Gasteiger partial charge < -0.3 is 41.0 Å². The lowest BCUT2D eigenvalue weighted by atomic mass is 9.72. The third-order valence-corrected chi connectivity index (χ3v) is 7.80. The average Bonchev–Trinajstić information content (AvgIpc) is 2.90. The van der Waals surface area contributed by atoms with Crippen molar-refractivity contribution in [3.8, 4) is 11.5 Å². The standard InChI is InChI=1S/C28H32N2O9/c1-3-8-30-27(36)28(37)10-15-19(17(11-28)39-18-9-16(29)22(31)12(2)38-18)26(35)21-20(25(15)34)23(32)13-6-4-5-7-14(13)24(21)33/h4-7,12,16-18,22,31,34-35,37H,3,8-11,29H2,1-2H3,(H,30,36)/t12-,16-,17-,18-,22+,28-/m0/s1. The van der Waals surface area contributed by atoms with Gasteiger partial charge in [0.15, 0.2) is 17.9 Å². The van der Waals surface area contributed by atoms with Gasteiger partial charge in [0.25, 0.3) is 5.91 Å². The minimum absolute atomic E-state index is 0.0179. The highest BCUT2D eigenvalue weighted by atomic mass is 16.7. The summed E-state index contributed by atoms with van der Waals surface area (Å²) in [6, 6.07) is 5.40. The molecule has 39 heavy (non-hydrogen) atoms. The number of carbonyl (C=O) groups excluding carboxylic acids is 3. The molecule has 0 bridgehead atoms. The minimum atomic E-state index is -2.08. The maximum atomic E-state index is 13.4. The van der Waals surface area contributed by atoms with Crippen LogP contribution in [0, 0.1) is 0 Å². The van der Waals surface area contributed by atoms with Crippen LogP contribution in [0.5, 0.6) is 11.5 Å². The van der Waals surface area contributed by atoms with Gasteiger partial charge in [0.2, 0.25) is 0 Å². The summed E-state index contributed by atoms with van der Waals surface area (Å²) in [6.07, 6.45) is -3.94. The summed E-state index contributed by atoms with van der Waals surface area (Å²) in [6.45, 7) is 3.76. The van der Waals surface area contributed by atoms with E-state index in [2.05, 4.69) is 5.32 Å². The number of nitrogens with two attached hydrogens (primary N) is 1. The number of rotatable bonds is 5. The number of nitrogens with one attached hydrogen (secondary N) is 1. The number of phenols is 2. The molecule has 11 nitrogen and oxygen atoms in total. The summed E-state index contributed by atoms with van der Waals surface area (Å²) in [7, 11) is 0. The van der Waals surface area contributed by atoms with Crippen molar-refractivity contribution < 1.29 is 44.3 Å². The van der Waals surface area contributed by atoms with Gasteiger partial charge in [-0.25, -0.2) is 0 Å². The first-order chi connectivity index (χ1) is 18.5. The number of aromatic hydroxyl groups is 2. The largest absolute Gasteiger partial charge is 0.507 e. The van der Waals surface area contributed by atoms with Crippen molar-refractivity contribution in [3.05, 3.63) is 57.6 Å². The zero-order valence-electron chi connectivity index (χ0n) is 21.6. The Bertz CT molecular complexity index is 1350. The molecule has 0 spiro atoms. The van der Waals surface area contributed by atoms with E-state index in [-0.39, 0.29) is 46.2 Å². The van der Waals surface area contributed by atoms with E-state index in [1.54, 1.807) is 19.1 Å². The van der Waals surface area contributed by atoms with Crippen molar-refractivity contribution >= 4 is 17.5 Å². The molecule has 0 saturated carbocycles. The maximum Gasteiger partial charge on any atom is 0.252 e. The van der Waals surface area contributed by atoms with Crippen LogP contribution in [0.2, 0.25) is 0 Å². The zero-order chi connectivity index (χ0) is 28.2. The van der Waals surface area contributed by atoms with Gasteiger partial charge in [-0.05, 0) is 13.3 Å². The second-order valence-corrected chi connectivity index (χ2v) is 10.5. The van der Waals surface area contributed by atoms with E-state index < -0.39 is 71.6 Å². The smallest absolute Gasteiger partial charge is 0.252 e. The van der Waals surface area contributed by atoms with Crippen LogP contribution in [-0.2, 0) is 20.7 Å². The normalized spacial score (nSPS) is 29.8. The number of hydrogen-bond donors (Lipinski definition) is 6. The summed E-state index contributed by atoms with van der Waals surface area (Å²) in [4.78, 5) is 39.9. The number of carbonyl (C=O) groups is 3. The average molecular weight is 541 g/mol. The number of phenolic OH excluding ortho intramolecular Hbond substituents is 2. The maximum absolute atomic E-state index is 13.4. The topological polar surface area (TPSA) is 189 Å². The van der Waals surface area contributed by atoms with Gasteiger partial charge in [-0.3, -0.25) is 14.4 Å². The van der Waals surface area contributed by atoms with E-state index in [0.29, 0.717) is 13.0 Å². The van der Waals surface area contributed by atoms with E-state index in [1.807, 2.05) is 6.92 Å². The Morgan fingerprint density at radius 2 is 1.77 bits per heavy atom. The molecule has 2 aromatic rings. The fourth-order valence-corrected chi connectivity index (χ4v) is 5.73. The van der Waals surface area contributed by atoms with Crippen LogP contribution >= 0.6 is 0 Å². The van der Waals surface area contributed by atoms with Crippen LogP contribution in [0.1, 0.15) is 82.2 Å². The van der Waals surface area contributed by atoms with E-state index in [0.717, 1.165) is 0 Å². The van der Waals surface area contributed by atoms with Gasteiger partial charge in [-0.1, -0.05) is 31.2 Å². The van der Waals surface area contributed by atoms with Crippen LogP contribution in [-0.4, -0.2) is 74.6 Å². The number of ketones is 2. The Hall–Kier alpha value is -3.35. The summed E-state index contributed by atoms with van der Waals surface area (Å²) >= 11 is 0. The van der Waals surface area contributed by atoms with Gasteiger partial charge >= 0.3 is 0 Å². The summed E-state index contributed by atoms with van der Waals surface area (Å²) in [5.74, 6) is -3.20. The van der Waals surface area contributed by atoms with Crippen molar-refractivity contribution in [1.29, 1.82) is 0 Å². The predicted molar refractivity (Wildman–Crippen MR) is 136 cm³/mol. The van der Waals surface area contributed by atoms with Gasteiger partial charge in [-0.15, -0.1) is 0 Å². The number of ether oxygens (including phenoxy) is 2. The van der Waals surface area contributed by atoms with Gasteiger partial charge in [0.05, 0.1) is 29.4 Å². The highest BCUT2D eigenvalue weighted by Gasteiger charge is 2.50. The van der Waals surface area contributed by atoms with E-state index in [4.69, 9.17) is 15.2 Å². The summed E-state index contributed by atoms with van der Waals surface area (Å²) in [5, 5.41) is 47.2. The minimum Gasteiger partial charge on any atom is -0.507 e. The molecule has 3 aliphatic rings. The molecule has 2 aromatic carbocycles. The van der Waals surface area contributed by atoms with E-state index >= 15 is 0 Å². The Morgan fingerprint density at radius 1 is 1.15 bits per heavy atom. The Balaban J connectivity index is 1.64. The third kappa shape index (κ3) is 4.40. The monoisotopic (exact) mass is 540 g/mol. The van der Waals surface area contributed by atoms with Crippen LogP contribution in [0.25, 0.3) is 0 Å². The van der Waals surface area contributed by atoms with Crippen LogP contribution in [0.4, 0.5) is 0 Å². The molecule has 6 atom stereocenters. The van der Waals surface area contributed by atoms with Crippen molar-refractivity contribution in [1.82, 2.24) is 5.32 Å². The second kappa shape index (κ2) is 10.00. The molecular weight excluding hydrogens is 508 g/mol. The molecule has 1 aliphatic heterocycles. The number of fused-ring (bicyclic) bond motifs is 3. The Labute approximate surface area is 224 Å². The summed E-state index contributed by atoms with van der Waals surface area (Å²) in [5.41, 5.74) is 3.27. The number of amides is 1. The first-order valence-electron chi connectivity index (χ1n) is 13.0. The number of aliphatic hydroxyl groups is 2. The molecule has 0 radical (unpaired) electrons. The molecule has 0 aromatic heterocycles. The molecule has 1 fully saturated rings. The molecule has 208 valence electrons. The van der Waals surface area contributed by atoms with Gasteiger partial charge in [0, 0.05) is 54.1 Å². The van der Waals surface area contributed by atoms with Gasteiger partial charge in [-0.2, -0.15) is 0 Å². The van der Waals surface area contributed by atoms with Crippen molar-refractivity contribution in [3.63, 3.8) is 0 Å². The quantitative estimate of drug-likeness (QED) is 0.254. The van der Waals surface area contributed by atoms with Crippen molar-refractivity contribution in [2.24, 2.45) is 5.73 Å². The third-order valence-electron chi connectivity index (χ3n) is 7.80. The van der Waals surface area contributed by atoms with E-state index in [1.165, 1.54) is 12.1 Å². The summed E-state index contributed by atoms with van der Waals surface area (Å²) < 4.78 is 11.9. The fourth-order valence-electron chi connectivity index (χ4n) is 5.73. The van der Waals surface area contributed by atoms with Crippen molar-refractivity contribution in [2.45, 2.75) is 75.8 Å². The highest BCUT2D eigenvalue weighted by molar-refractivity contribution is 6.30. The molecule has 2 aliphatic carbocycles. The predicted octanol–water partition coefficient (Wildman–Crippen LogP) is 0.957. The second-order valence-electron chi connectivity index (χ2n) is 10.5. The number of benzene rings is 2. The van der Waals surface area contributed by atoms with Gasteiger partial charge in [0.1, 0.15) is 17.1 Å². The molecular formula is C28H32N2O9. The first-order valence-corrected chi connectivity index (χ1v) is 13.0. The highest BCUT2D eigenvalue weighted by Crippen LogP contribution is 2.51. The lowest BCUT2D eigenvalue weighted by Gasteiger charge is -2.42. The first kappa shape index (κ1) is 27.2. The molecule has 1 amide bonds. The Morgan fingerprint density at radius 3 is 2.36 bits per heavy atom. The fraction of sp³-hybridized carbons (Fsp3) is 0.464. The van der Waals surface area contributed by atoms with Crippen LogP contribution < -0.4 is 11.1 Å². The molecule has 1 saturated heterocycles. The van der Waals surface area contributed by atoms with Crippen molar-refractivity contribution in [2.75, 3.05) is 6.54 Å². The lowest BCUT2D eigenvalue weighted by Crippen LogP contribution is -2.54. The molecule has 11 heteroatoms. The molecule has 1 heterocycles. The SMILES string of the molecule is CCCNC(=O)[C@]1(O)Cc2c(O)c3c(c(O)c2[C@@H](O[C@H]2C[C@H](N)[C@H](O)[C@H](C)O2)C1)C(=O)c1ccccc1C3=O. The van der Waals surface area contributed by atoms with E-state index in [9.17, 15) is 34.8 Å². The molecule has 5 rings (SSSR count). The zero-order valence-corrected chi connectivity index (χ0v) is 21.6. The number of hydrogen-bond acceptors (Lipinski definition) is 10.